The summed E-state index contributed by atoms with van der Waals surface area (Å²) in [6.45, 7) is 7.14. The Kier molecular flexibility index (Phi) is 7.60. The summed E-state index contributed by atoms with van der Waals surface area (Å²) >= 11 is 1.78. The van der Waals surface area contributed by atoms with Crippen LogP contribution in [0.3, 0.4) is 0 Å². The molecule has 1 atom stereocenters. The first kappa shape index (κ1) is 16.1. The molecule has 1 N–H and O–H groups in total. The first-order valence-corrected chi connectivity index (χ1v) is 7.75. The van der Waals surface area contributed by atoms with Gasteiger partial charge in [0, 0.05) is 10.6 Å². The highest BCUT2D eigenvalue weighted by molar-refractivity contribution is 7.99. The minimum atomic E-state index is -0.192. The Morgan fingerprint density at radius 2 is 2.21 bits per heavy atom. The van der Waals surface area contributed by atoms with Gasteiger partial charge < -0.3 is 10.1 Å². The van der Waals surface area contributed by atoms with Crippen LogP contribution in [0.5, 0.6) is 0 Å². The Bertz CT molecular complexity index is 395. The minimum absolute atomic E-state index is 0.144. The predicted octanol–water partition coefficient (Wildman–Crippen LogP) is 3.02. The van der Waals surface area contributed by atoms with Crippen molar-refractivity contribution in [2.45, 2.75) is 38.1 Å². The van der Waals surface area contributed by atoms with E-state index in [1.165, 1.54) is 10.5 Å². The summed E-state index contributed by atoms with van der Waals surface area (Å²) in [5, 5.41) is 3.18. The van der Waals surface area contributed by atoms with E-state index in [-0.39, 0.29) is 12.0 Å². The highest BCUT2D eigenvalue weighted by Gasteiger charge is 2.17. The largest absolute Gasteiger partial charge is 0.465 e. The Hall–Kier alpha value is -1.00. The van der Waals surface area contributed by atoms with Crippen LogP contribution >= 0.6 is 11.8 Å². The molecule has 0 heterocycles. The standard InChI is InChI=1S/C15H23NO2S/c1-4-16-14(15(17)18-5-2)9-10-19-13-8-6-7-12(3)11-13/h6-8,11,14,16H,4-5,9-10H2,1-3H3. The average Bonchev–Trinajstić information content (AvgIpc) is 2.38. The van der Waals surface area contributed by atoms with Gasteiger partial charge in [-0.2, -0.15) is 0 Å². The second-order valence-corrected chi connectivity index (χ2v) is 5.48. The lowest BCUT2D eigenvalue weighted by atomic mass is 10.2. The topological polar surface area (TPSA) is 38.3 Å². The minimum Gasteiger partial charge on any atom is -0.465 e. The van der Waals surface area contributed by atoms with E-state index in [9.17, 15) is 4.79 Å². The summed E-state index contributed by atoms with van der Waals surface area (Å²) in [6.07, 6.45) is 0.783. The van der Waals surface area contributed by atoms with E-state index < -0.39 is 0 Å². The van der Waals surface area contributed by atoms with Crippen LogP contribution in [-0.4, -0.2) is 30.9 Å². The second kappa shape index (κ2) is 8.99. The van der Waals surface area contributed by atoms with Crippen LogP contribution in [0, 0.1) is 6.92 Å². The van der Waals surface area contributed by atoms with E-state index in [1.54, 1.807) is 11.8 Å². The number of benzene rings is 1. The number of hydrogen-bond donors (Lipinski definition) is 1. The van der Waals surface area contributed by atoms with Crippen LogP contribution in [0.4, 0.5) is 0 Å². The number of esters is 1. The van der Waals surface area contributed by atoms with Gasteiger partial charge >= 0.3 is 5.97 Å². The summed E-state index contributed by atoms with van der Waals surface area (Å²) in [6, 6.07) is 8.22. The van der Waals surface area contributed by atoms with Crippen LogP contribution in [0.25, 0.3) is 0 Å². The Labute approximate surface area is 120 Å². The van der Waals surface area contributed by atoms with Crippen molar-refractivity contribution in [2.24, 2.45) is 0 Å². The summed E-state index contributed by atoms with van der Waals surface area (Å²) in [4.78, 5) is 13.0. The van der Waals surface area contributed by atoms with Crippen LogP contribution in [-0.2, 0) is 9.53 Å². The molecule has 0 aromatic heterocycles. The van der Waals surface area contributed by atoms with E-state index in [0.717, 1.165) is 18.7 Å². The Morgan fingerprint density at radius 1 is 1.42 bits per heavy atom. The number of ether oxygens (including phenoxy) is 1. The van der Waals surface area contributed by atoms with Crippen LogP contribution in [0.2, 0.25) is 0 Å². The zero-order valence-corrected chi connectivity index (χ0v) is 12.8. The smallest absolute Gasteiger partial charge is 0.323 e. The highest BCUT2D eigenvalue weighted by Crippen LogP contribution is 2.20. The van der Waals surface area contributed by atoms with Crippen LogP contribution in [0.1, 0.15) is 25.8 Å². The van der Waals surface area contributed by atoms with Gasteiger partial charge in [0.15, 0.2) is 0 Å². The first-order chi connectivity index (χ1) is 9.17. The van der Waals surface area contributed by atoms with Gasteiger partial charge in [0.05, 0.1) is 6.61 Å². The molecule has 1 aromatic rings. The van der Waals surface area contributed by atoms with Gasteiger partial charge in [0.2, 0.25) is 0 Å². The summed E-state index contributed by atoms with van der Waals surface area (Å²) in [7, 11) is 0. The molecule has 1 rings (SSSR count). The molecule has 0 bridgehead atoms. The molecule has 0 aliphatic rings. The molecule has 0 aliphatic carbocycles. The van der Waals surface area contributed by atoms with Crippen molar-refractivity contribution in [3.8, 4) is 0 Å². The molecule has 0 aliphatic heterocycles. The summed E-state index contributed by atoms with van der Waals surface area (Å²) in [5.74, 6) is 0.758. The molecule has 3 nitrogen and oxygen atoms in total. The van der Waals surface area contributed by atoms with Gasteiger partial charge in [-0.3, -0.25) is 4.79 Å². The quantitative estimate of drug-likeness (QED) is 0.587. The molecule has 0 fully saturated rings. The first-order valence-electron chi connectivity index (χ1n) is 6.76. The van der Waals surface area contributed by atoms with E-state index in [4.69, 9.17) is 4.74 Å². The van der Waals surface area contributed by atoms with Crippen molar-refractivity contribution in [1.29, 1.82) is 0 Å². The van der Waals surface area contributed by atoms with Gasteiger partial charge in [-0.05, 0) is 38.9 Å². The second-order valence-electron chi connectivity index (χ2n) is 4.32. The van der Waals surface area contributed by atoms with Gasteiger partial charge in [-0.1, -0.05) is 24.6 Å². The van der Waals surface area contributed by atoms with Gasteiger partial charge in [0.25, 0.3) is 0 Å². The lowest BCUT2D eigenvalue weighted by Crippen LogP contribution is -2.38. The fourth-order valence-electron chi connectivity index (χ4n) is 1.79. The predicted molar refractivity (Wildman–Crippen MR) is 80.6 cm³/mol. The number of carbonyl (C=O) groups excluding carboxylic acids is 1. The molecule has 1 unspecified atom stereocenters. The summed E-state index contributed by atoms with van der Waals surface area (Å²) in [5.41, 5.74) is 1.26. The van der Waals surface area contributed by atoms with Gasteiger partial charge in [0.1, 0.15) is 6.04 Å². The highest BCUT2D eigenvalue weighted by atomic mass is 32.2. The molecule has 0 radical (unpaired) electrons. The maximum absolute atomic E-state index is 11.7. The zero-order valence-electron chi connectivity index (χ0n) is 11.9. The molecule has 0 spiro atoms. The monoisotopic (exact) mass is 281 g/mol. The molecule has 4 heteroatoms. The molecule has 0 amide bonds. The molecule has 0 saturated heterocycles. The molecule has 0 saturated carbocycles. The fourth-order valence-corrected chi connectivity index (χ4v) is 2.83. The molecule has 106 valence electrons. The lowest BCUT2D eigenvalue weighted by molar-refractivity contribution is -0.145. The molecule has 1 aromatic carbocycles. The van der Waals surface area contributed by atoms with E-state index >= 15 is 0 Å². The fraction of sp³-hybridized carbons (Fsp3) is 0.533. The van der Waals surface area contributed by atoms with E-state index in [1.807, 2.05) is 13.8 Å². The van der Waals surface area contributed by atoms with Gasteiger partial charge in [-0.25, -0.2) is 0 Å². The molecular weight excluding hydrogens is 258 g/mol. The third-order valence-corrected chi connectivity index (χ3v) is 3.71. The zero-order chi connectivity index (χ0) is 14.1. The maximum atomic E-state index is 11.7. The Balaban J connectivity index is 2.41. The van der Waals surface area contributed by atoms with Crippen molar-refractivity contribution in [2.75, 3.05) is 18.9 Å². The van der Waals surface area contributed by atoms with E-state index in [0.29, 0.717) is 6.61 Å². The van der Waals surface area contributed by atoms with Crippen molar-refractivity contribution in [3.63, 3.8) is 0 Å². The number of nitrogens with one attached hydrogen (secondary N) is 1. The lowest BCUT2D eigenvalue weighted by Gasteiger charge is -2.15. The Morgan fingerprint density at radius 3 is 2.84 bits per heavy atom. The van der Waals surface area contributed by atoms with Crippen molar-refractivity contribution < 1.29 is 9.53 Å². The normalized spacial score (nSPS) is 12.2. The summed E-state index contributed by atoms with van der Waals surface area (Å²) < 4.78 is 5.07. The maximum Gasteiger partial charge on any atom is 0.323 e. The molecular formula is C15H23NO2S. The van der Waals surface area contributed by atoms with Crippen molar-refractivity contribution in [3.05, 3.63) is 29.8 Å². The van der Waals surface area contributed by atoms with Gasteiger partial charge in [-0.15, -0.1) is 11.8 Å². The van der Waals surface area contributed by atoms with E-state index in [2.05, 4.69) is 36.5 Å². The number of hydrogen-bond acceptors (Lipinski definition) is 4. The van der Waals surface area contributed by atoms with Crippen molar-refractivity contribution in [1.82, 2.24) is 5.32 Å². The number of likely N-dealkylation sites (N-methyl/N-ethyl adjacent to an activating group) is 1. The SMILES string of the molecule is CCNC(CCSc1cccc(C)c1)C(=O)OCC. The number of carbonyl (C=O) groups is 1. The number of rotatable bonds is 8. The third-order valence-electron chi connectivity index (χ3n) is 2.69. The van der Waals surface area contributed by atoms with Crippen molar-refractivity contribution >= 4 is 17.7 Å². The van der Waals surface area contributed by atoms with Crippen LogP contribution in [0.15, 0.2) is 29.2 Å². The third kappa shape index (κ3) is 6.12. The number of thioether (sulfide) groups is 1. The number of aryl methyl sites for hydroxylation is 1. The van der Waals surface area contributed by atoms with Crippen LogP contribution < -0.4 is 5.32 Å². The molecule has 19 heavy (non-hydrogen) atoms. The average molecular weight is 281 g/mol.